The van der Waals surface area contributed by atoms with E-state index in [1.54, 1.807) is 0 Å². The topological polar surface area (TPSA) is 76.7 Å². The number of rotatable bonds is 5. The predicted molar refractivity (Wildman–Crippen MR) is 103 cm³/mol. The van der Waals surface area contributed by atoms with Gasteiger partial charge in [0.2, 0.25) is 0 Å². The van der Waals surface area contributed by atoms with E-state index in [2.05, 4.69) is 25.8 Å². The van der Waals surface area contributed by atoms with Gasteiger partial charge in [-0.2, -0.15) is 0 Å². The predicted octanol–water partition coefficient (Wildman–Crippen LogP) is 0.637. The van der Waals surface area contributed by atoms with Crippen molar-refractivity contribution >= 4 is 23.2 Å². The average Bonchev–Trinajstić information content (AvgIpc) is 2.70. The molecule has 0 aliphatic carbocycles. The molecule has 0 spiro atoms. The van der Waals surface area contributed by atoms with E-state index >= 15 is 0 Å². The van der Waals surface area contributed by atoms with Crippen molar-refractivity contribution in [3.05, 3.63) is 24.3 Å². The highest BCUT2D eigenvalue weighted by atomic mass is 16.2. The van der Waals surface area contributed by atoms with Crippen LogP contribution in [0.1, 0.15) is 19.3 Å². The number of amides is 2. The van der Waals surface area contributed by atoms with Gasteiger partial charge in [0, 0.05) is 63.7 Å². The van der Waals surface area contributed by atoms with Gasteiger partial charge in [-0.15, -0.1) is 0 Å². The maximum Gasteiger partial charge on any atom is 0.313 e. The molecular weight excluding hydrogens is 330 g/mol. The van der Waals surface area contributed by atoms with Crippen molar-refractivity contribution in [2.75, 3.05) is 62.6 Å². The zero-order valence-electron chi connectivity index (χ0n) is 15.3. The number of carbonyl (C=O) groups is 2. The quantitative estimate of drug-likeness (QED) is 0.673. The molecule has 2 amide bonds. The summed E-state index contributed by atoms with van der Waals surface area (Å²) in [6, 6.07) is 7.72. The third-order valence-corrected chi connectivity index (χ3v) is 4.98. The minimum Gasteiger partial charge on any atom is -0.372 e. The minimum atomic E-state index is -0.615. The van der Waals surface area contributed by atoms with Crippen molar-refractivity contribution in [2.45, 2.75) is 19.3 Å². The first-order valence-corrected chi connectivity index (χ1v) is 9.60. The Bertz CT molecular complexity index is 592. The molecule has 2 aliphatic heterocycles. The monoisotopic (exact) mass is 359 g/mol. The minimum absolute atomic E-state index is 0.486. The number of benzene rings is 1. The van der Waals surface area contributed by atoms with Gasteiger partial charge in [-0.3, -0.25) is 14.5 Å². The van der Waals surface area contributed by atoms with Crippen LogP contribution in [0, 0.1) is 0 Å². The van der Waals surface area contributed by atoms with E-state index in [1.165, 1.54) is 24.9 Å². The van der Waals surface area contributed by atoms with Gasteiger partial charge in [-0.05, 0) is 43.5 Å². The van der Waals surface area contributed by atoms with E-state index in [9.17, 15) is 9.59 Å². The van der Waals surface area contributed by atoms with Crippen LogP contribution in [0.4, 0.5) is 11.4 Å². The highest BCUT2D eigenvalue weighted by molar-refractivity contribution is 6.39. The number of nitrogens with one attached hydrogen (secondary N) is 3. The van der Waals surface area contributed by atoms with Crippen molar-refractivity contribution in [1.29, 1.82) is 0 Å². The van der Waals surface area contributed by atoms with Crippen molar-refractivity contribution in [3.8, 4) is 0 Å². The molecule has 0 saturated carbocycles. The second kappa shape index (κ2) is 9.54. The smallest absolute Gasteiger partial charge is 0.313 e. The van der Waals surface area contributed by atoms with Crippen LogP contribution in [0.25, 0.3) is 0 Å². The lowest BCUT2D eigenvalue weighted by Gasteiger charge is -2.28. The summed E-state index contributed by atoms with van der Waals surface area (Å²) in [5.74, 6) is -1.20. The van der Waals surface area contributed by atoms with E-state index in [0.717, 1.165) is 45.8 Å². The maximum atomic E-state index is 12.0. The van der Waals surface area contributed by atoms with Crippen LogP contribution in [0.5, 0.6) is 0 Å². The summed E-state index contributed by atoms with van der Waals surface area (Å²) in [7, 11) is 0. The Hall–Kier alpha value is -2.12. The van der Waals surface area contributed by atoms with Gasteiger partial charge in [0.25, 0.3) is 0 Å². The Morgan fingerprint density at radius 2 is 1.62 bits per heavy atom. The molecule has 0 radical (unpaired) electrons. The molecule has 7 heteroatoms. The normalized spacial score (nSPS) is 18.4. The molecule has 7 nitrogen and oxygen atoms in total. The molecule has 0 bridgehead atoms. The molecule has 1 aromatic rings. The fraction of sp³-hybridized carbons (Fsp3) is 0.579. The molecule has 3 rings (SSSR count). The zero-order valence-corrected chi connectivity index (χ0v) is 15.3. The molecular formula is C19H29N5O2. The summed E-state index contributed by atoms with van der Waals surface area (Å²) in [6.07, 6.45) is 3.76. The van der Waals surface area contributed by atoms with Gasteiger partial charge < -0.3 is 20.9 Å². The Balaban J connectivity index is 1.40. The summed E-state index contributed by atoms with van der Waals surface area (Å²) in [6.45, 7) is 7.33. The average molecular weight is 359 g/mol. The van der Waals surface area contributed by atoms with Crippen LogP contribution in [0.2, 0.25) is 0 Å². The Labute approximate surface area is 155 Å². The van der Waals surface area contributed by atoms with Gasteiger partial charge in [-0.25, -0.2) is 0 Å². The molecule has 1 aromatic carbocycles. The van der Waals surface area contributed by atoms with E-state index in [1.807, 2.05) is 24.3 Å². The van der Waals surface area contributed by atoms with Crippen LogP contribution in [0.3, 0.4) is 0 Å². The van der Waals surface area contributed by atoms with E-state index < -0.39 is 11.8 Å². The molecule has 0 unspecified atom stereocenters. The number of hydrogen-bond donors (Lipinski definition) is 3. The molecule has 142 valence electrons. The highest BCUT2D eigenvalue weighted by Crippen LogP contribution is 2.21. The zero-order chi connectivity index (χ0) is 18.2. The van der Waals surface area contributed by atoms with Gasteiger partial charge in [-0.1, -0.05) is 0 Å². The number of anilines is 2. The lowest BCUT2D eigenvalue weighted by molar-refractivity contribution is -0.136. The Morgan fingerprint density at radius 3 is 2.31 bits per heavy atom. The van der Waals surface area contributed by atoms with Crippen LogP contribution in [0.15, 0.2) is 24.3 Å². The summed E-state index contributed by atoms with van der Waals surface area (Å²) in [5, 5.41) is 8.65. The summed E-state index contributed by atoms with van der Waals surface area (Å²) in [4.78, 5) is 28.6. The fourth-order valence-corrected chi connectivity index (χ4v) is 3.44. The van der Waals surface area contributed by atoms with Gasteiger partial charge in [0.1, 0.15) is 0 Å². The van der Waals surface area contributed by atoms with Crippen molar-refractivity contribution < 1.29 is 9.59 Å². The molecule has 3 N–H and O–H groups in total. The van der Waals surface area contributed by atoms with E-state index in [4.69, 9.17) is 0 Å². The number of piperazine rings is 1. The lowest BCUT2D eigenvalue weighted by atomic mass is 10.1. The first kappa shape index (κ1) is 18.7. The summed E-state index contributed by atoms with van der Waals surface area (Å²) < 4.78 is 0. The summed E-state index contributed by atoms with van der Waals surface area (Å²) in [5.41, 5.74) is 1.82. The van der Waals surface area contributed by atoms with Gasteiger partial charge in [0.15, 0.2) is 0 Å². The third kappa shape index (κ3) is 5.44. The second-order valence-electron chi connectivity index (χ2n) is 6.90. The SMILES string of the molecule is O=C(NCCN1CCNCC1)C(=O)Nc1ccc(N2CCCCC2)cc1. The number of nitrogens with zero attached hydrogens (tertiary/aromatic N) is 2. The van der Waals surface area contributed by atoms with Crippen molar-refractivity contribution in [3.63, 3.8) is 0 Å². The van der Waals surface area contributed by atoms with Crippen LogP contribution >= 0.6 is 0 Å². The molecule has 2 heterocycles. The van der Waals surface area contributed by atoms with Crippen LogP contribution in [-0.4, -0.2) is 69.1 Å². The number of hydrogen-bond acceptors (Lipinski definition) is 5. The molecule has 2 aliphatic rings. The van der Waals surface area contributed by atoms with Crippen molar-refractivity contribution in [2.24, 2.45) is 0 Å². The first-order chi connectivity index (χ1) is 12.7. The Kier molecular flexibility index (Phi) is 6.85. The van der Waals surface area contributed by atoms with Gasteiger partial charge >= 0.3 is 11.8 Å². The molecule has 2 fully saturated rings. The molecule has 0 aromatic heterocycles. The van der Waals surface area contributed by atoms with Crippen LogP contribution < -0.4 is 20.9 Å². The standard InChI is InChI=1S/C19H29N5O2/c25-18(21-10-15-23-13-8-20-9-14-23)19(26)22-16-4-6-17(7-5-16)24-11-2-1-3-12-24/h4-7,20H,1-3,8-15H2,(H,21,25)(H,22,26). The summed E-state index contributed by atoms with van der Waals surface area (Å²) >= 11 is 0. The lowest BCUT2D eigenvalue weighted by Crippen LogP contribution is -2.47. The number of piperidine rings is 1. The Morgan fingerprint density at radius 1 is 0.923 bits per heavy atom. The highest BCUT2D eigenvalue weighted by Gasteiger charge is 2.15. The van der Waals surface area contributed by atoms with E-state index in [-0.39, 0.29) is 0 Å². The third-order valence-electron chi connectivity index (χ3n) is 4.98. The molecule has 26 heavy (non-hydrogen) atoms. The van der Waals surface area contributed by atoms with E-state index in [0.29, 0.717) is 12.2 Å². The molecule has 2 saturated heterocycles. The van der Waals surface area contributed by atoms with Crippen LogP contribution in [-0.2, 0) is 9.59 Å². The van der Waals surface area contributed by atoms with Gasteiger partial charge in [0.05, 0.1) is 0 Å². The first-order valence-electron chi connectivity index (χ1n) is 9.60. The number of carbonyl (C=O) groups excluding carboxylic acids is 2. The maximum absolute atomic E-state index is 12.0. The largest absolute Gasteiger partial charge is 0.372 e. The van der Waals surface area contributed by atoms with Crippen molar-refractivity contribution in [1.82, 2.24) is 15.5 Å². The fourth-order valence-electron chi connectivity index (χ4n) is 3.44. The molecule has 0 atom stereocenters. The second-order valence-corrected chi connectivity index (χ2v) is 6.90.